The van der Waals surface area contributed by atoms with Crippen molar-refractivity contribution in [1.29, 1.82) is 0 Å². The number of amides is 2. The molecule has 0 saturated heterocycles. The summed E-state index contributed by atoms with van der Waals surface area (Å²) in [5.41, 5.74) is 2.89. The smallest absolute Gasteiger partial charge is 0.238 e. The first kappa shape index (κ1) is 11.8. The molecule has 0 spiro atoms. The molecule has 1 aromatic rings. The molecule has 0 saturated carbocycles. The number of hydrogen-bond donors (Lipinski definition) is 1. The van der Waals surface area contributed by atoms with E-state index in [2.05, 4.69) is 5.32 Å². The van der Waals surface area contributed by atoms with Gasteiger partial charge in [-0.15, -0.1) is 0 Å². The summed E-state index contributed by atoms with van der Waals surface area (Å²) in [6.07, 6.45) is 1.26. The van der Waals surface area contributed by atoms with Crippen molar-refractivity contribution < 1.29 is 9.59 Å². The van der Waals surface area contributed by atoms with E-state index in [1.165, 1.54) is 17.4 Å². The van der Waals surface area contributed by atoms with Gasteiger partial charge in [-0.05, 0) is 37.2 Å². The van der Waals surface area contributed by atoms with Crippen LogP contribution in [-0.2, 0) is 22.4 Å². The molecule has 0 unspecified atom stereocenters. The van der Waals surface area contributed by atoms with Gasteiger partial charge >= 0.3 is 0 Å². The molecule has 0 fully saturated rings. The van der Waals surface area contributed by atoms with Gasteiger partial charge in [-0.25, -0.2) is 0 Å². The van der Waals surface area contributed by atoms with Crippen LogP contribution in [0, 0.1) is 0 Å². The number of imide groups is 1. The van der Waals surface area contributed by atoms with Crippen molar-refractivity contribution in [3.8, 4) is 0 Å². The van der Waals surface area contributed by atoms with Crippen molar-refractivity contribution in [1.82, 2.24) is 5.32 Å². The van der Waals surface area contributed by atoms with E-state index in [-0.39, 0.29) is 11.8 Å². The van der Waals surface area contributed by atoms with Gasteiger partial charge in [-0.1, -0.05) is 12.1 Å². The Kier molecular flexibility index (Phi) is 3.24. The van der Waals surface area contributed by atoms with Crippen LogP contribution in [0.25, 0.3) is 0 Å². The van der Waals surface area contributed by atoms with E-state index in [0.717, 1.165) is 24.2 Å². The highest BCUT2D eigenvalue weighted by Crippen LogP contribution is 2.29. The van der Waals surface area contributed by atoms with Crippen LogP contribution in [0.5, 0.6) is 0 Å². The predicted octanol–water partition coefficient (Wildman–Crippen LogP) is 0.884. The average Bonchev–Trinajstić information content (AvgIpc) is 2.61. The molecule has 1 heterocycles. The lowest BCUT2D eigenvalue weighted by Gasteiger charge is -2.12. The standard InChI is InChI=1S/C13H16N2O2/c1-9(16)15-12-4-3-10(5-6-14-2)7-11(12)8-13(15)17/h3-4,7,14H,5-6,8H2,1-2H3. The third-order valence-corrected chi connectivity index (χ3v) is 2.95. The Hall–Kier alpha value is -1.68. The van der Waals surface area contributed by atoms with Gasteiger partial charge in [0, 0.05) is 6.92 Å². The quantitative estimate of drug-likeness (QED) is 0.841. The van der Waals surface area contributed by atoms with Gasteiger partial charge in [0.05, 0.1) is 12.1 Å². The summed E-state index contributed by atoms with van der Waals surface area (Å²) >= 11 is 0. The van der Waals surface area contributed by atoms with Crippen molar-refractivity contribution in [3.63, 3.8) is 0 Å². The molecule has 0 aliphatic carbocycles. The van der Waals surface area contributed by atoms with Crippen molar-refractivity contribution >= 4 is 17.5 Å². The normalized spacial score (nSPS) is 14.0. The second-order valence-electron chi connectivity index (χ2n) is 4.24. The lowest BCUT2D eigenvalue weighted by molar-refractivity contribution is -0.124. The number of nitrogens with one attached hydrogen (secondary N) is 1. The number of nitrogens with zero attached hydrogens (tertiary/aromatic N) is 1. The average molecular weight is 232 g/mol. The first-order valence-electron chi connectivity index (χ1n) is 5.73. The number of carbonyl (C=O) groups excluding carboxylic acids is 2. The molecular formula is C13H16N2O2. The van der Waals surface area contributed by atoms with Gasteiger partial charge in [0.1, 0.15) is 0 Å². The van der Waals surface area contributed by atoms with Gasteiger partial charge in [0.15, 0.2) is 0 Å². The minimum Gasteiger partial charge on any atom is -0.319 e. The van der Waals surface area contributed by atoms with Crippen molar-refractivity contribution in [2.24, 2.45) is 0 Å². The molecule has 0 atom stereocenters. The van der Waals surface area contributed by atoms with Crippen LogP contribution in [-0.4, -0.2) is 25.4 Å². The highest BCUT2D eigenvalue weighted by molar-refractivity contribution is 6.18. The Morgan fingerprint density at radius 1 is 1.47 bits per heavy atom. The van der Waals surface area contributed by atoms with Gasteiger partial charge in [0.2, 0.25) is 11.8 Å². The summed E-state index contributed by atoms with van der Waals surface area (Å²) < 4.78 is 0. The minimum absolute atomic E-state index is 0.127. The van der Waals surface area contributed by atoms with Crippen LogP contribution in [0.2, 0.25) is 0 Å². The molecule has 90 valence electrons. The van der Waals surface area contributed by atoms with Gasteiger partial charge < -0.3 is 5.32 Å². The minimum atomic E-state index is -0.211. The molecule has 0 bridgehead atoms. The zero-order valence-corrected chi connectivity index (χ0v) is 10.1. The summed E-state index contributed by atoms with van der Waals surface area (Å²) in [6, 6.07) is 5.87. The third kappa shape index (κ3) is 2.22. The lowest BCUT2D eigenvalue weighted by atomic mass is 10.1. The summed E-state index contributed by atoms with van der Waals surface area (Å²) in [5, 5.41) is 3.09. The van der Waals surface area contributed by atoms with E-state index in [9.17, 15) is 9.59 Å². The Morgan fingerprint density at radius 2 is 2.24 bits per heavy atom. The number of anilines is 1. The lowest BCUT2D eigenvalue weighted by Crippen LogP contribution is -2.31. The van der Waals surface area contributed by atoms with Gasteiger partial charge in [0.25, 0.3) is 0 Å². The predicted molar refractivity (Wildman–Crippen MR) is 65.9 cm³/mol. The van der Waals surface area contributed by atoms with Crippen LogP contribution >= 0.6 is 0 Å². The van der Waals surface area contributed by atoms with Crippen molar-refractivity contribution in [3.05, 3.63) is 29.3 Å². The Labute approximate surface area is 101 Å². The topological polar surface area (TPSA) is 49.4 Å². The SMILES string of the molecule is CNCCc1ccc2c(c1)CC(=O)N2C(C)=O. The number of rotatable bonds is 3. The molecule has 0 aromatic heterocycles. The van der Waals surface area contributed by atoms with E-state index in [1.807, 2.05) is 25.2 Å². The summed E-state index contributed by atoms with van der Waals surface area (Å²) in [7, 11) is 1.91. The number of hydrogen-bond acceptors (Lipinski definition) is 3. The van der Waals surface area contributed by atoms with Crippen LogP contribution in [0.4, 0.5) is 5.69 Å². The molecular weight excluding hydrogens is 216 g/mol. The molecule has 1 aliphatic rings. The fourth-order valence-corrected chi connectivity index (χ4v) is 2.14. The maximum absolute atomic E-state index is 11.7. The van der Waals surface area contributed by atoms with Gasteiger partial charge in [-0.2, -0.15) is 0 Å². The second kappa shape index (κ2) is 4.67. The highest BCUT2D eigenvalue weighted by atomic mass is 16.2. The first-order valence-corrected chi connectivity index (χ1v) is 5.73. The maximum Gasteiger partial charge on any atom is 0.238 e. The van der Waals surface area contributed by atoms with Crippen molar-refractivity contribution in [2.45, 2.75) is 19.8 Å². The van der Waals surface area contributed by atoms with E-state index < -0.39 is 0 Å². The molecule has 1 aliphatic heterocycles. The molecule has 0 radical (unpaired) electrons. The fourth-order valence-electron chi connectivity index (χ4n) is 2.14. The number of carbonyl (C=O) groups is 2. The summed E-state index contributed by atoms with van der Waals surface area (Å²) in [4.78, 5) is 24.3. The van der Waals surface area contributed by atoms with E-state index >= 15 is 0 Å². The molecule has 4 heteroatoms. The molecule has 2 rings (SSSR count). The van der Waals surface area contributed by atoms with Gasteiger partial charge in [-0.3, -0.25) is 14.5 Å². The van der Waals surface area contributed by atoms with Crippen LogP contribution < -0.4 is 10.2 Å². The van der Waals surface area contributed by atoms with Crippen molar-refractivity contribution in [2.75, 3.05) is 18.5 Å². The van der Waals surface area contributed by atoms with Crippen LogP contribution in [0.3, 0.4) is 0 Å². The zero-order chi connectivity index (χ0) is 12.4. The molecule has 17 heavy (non-hydrogen) atoms. The maximum atomic E-state index is 11.7. The molecule has 1 aromatic carbocycles. The third-order valence-electron chi connectivity index (χ3n) is 2.95. The molecule has 2 amide bonds. The fraction of sp³-hybridized carbons (Fsp3) is 0.385. The Balaban J connectivity index is 2.28. The first-order chi connectivity index (χ1) is 8.13. The second-order valence-corrected chi connectivity index (χ2v) is 4.24. The molecule has 1 N–H and O–H groups in total. The zero-order valence-electron chi connectivity index (χ0n) is 10.1. The largest absolute Gasteiger partial charge is 0.319 e. The Bertz CT molecular complexity index is 468. The monoisotopic (exact) mass is 232 g/mol. The number of fused-ring (bicyclic) bond motifs is 1. The highest BCUT2D eigenvalue weighted by Gasteiger charge is 2.30. The van der Waals surface area contributed by atoms with Crippen LogP contribution in [0.1, 0.15) is 18.1 Å². The molecule has 4 nitrogen and oxygen atoms in total. The van der Waals surface area contributed by atoms with E-state index in [4.69, 9.17) is 0 Å². The summed E-state index contributed by atoms with van der Waals surface area (Å²) in [5.74, 6) is -0.338. The number of likely N-dealkylation sites (N-methyl/N-ethyl adjacent to an activating group) is 1. The summed E-state index contributed by atoms with van der Waals surface area (Å²) in [6.45, 7) is 2.32. The van der Waals surface area contributed by atoms with E-state index in [0.29, 0.717) is 6.42 Å². The van der Waals surface area contributed by atoms with E-state index in [1.54, 1.807) is 0 Å². The Morgan fingerprint density at radius 3 is 2.88 bits per heavy atom. The van der Waals surface area contributed by atoms with Crippen LogP contribution in [0.15, 0.2) is 18.2 Å². The number of benzene rings is 1.